The van der Waals surface area contributed by atoms with E-state index in [-0.39, 0.29) is 53.1 Å². The summed E-state index contributed by atoms with van der Waals surface area (Å²) in [7, 11) is 0. The van der Waals surface area contributed by atoms with Gasteiger partial charge < -0.3 is 25.6 Å². The number of nitrogen functional groups attached to an aromatic ring is 1. The number of thioether (sulfide) groups is 1. The van der Waals surface area contributed by atoms with E-state index >= 15 is 0 Å². The van der Waals surface area contributed by atoms with Gasteiger partial charge in [-0.25, -0.2) is 4.98 Å². The van der Waals surface area contributed by atoms with Crippen molar-refractivity contribution in [2.45, 2.75) is 32.4 Å². The Morgan fingerprint density at radius 1 is 1.45 bits per heavy atom. The van der Waals surface area contributed by atoms with Crippen LogP contribution in [0.5, 0.6) is 0 Å². The summed E-state index contributed by atoms with van der Waals surface area (Å²) in [5.41, 5.74) is 7.61. The number of amides is 1. The van der Waals surface area contributed by atoms with Crippen LogP contribution in [0.25, 0.3) is 5.65 Å². The molecule has 0 aliphatic carbocycles. The van der Waals surface area contributed by atoms with Gasteiger partial charge in [0.2, 0.25) is 5.91 Å². The van der Waals surface area contributed by atoms with Crippen LogP contribution in [-0.4, -0.2) is 49.2 Å². The molecule has 2 aromatic rings. The SMILES string of the molecule is CC(O)C1C(=O)N2C(C(=O)[O-])=C(SCCc3nc4ccccn4c3N)[C@H](C)C12.[Na+]. The number of aliphatic hydroxyl groups is 1. The maximum atomic E-state index is 12.3. The molecule has 0 aromatic carbocycles. The fraction of sp³-hybridized carbons (Fsp3) is 0.421. The Kier molecular flexibility index (Phi) is 6.35. The molecular weight excluding hydrogens is 403 g/mol. The Morgan fingerprint density at radius 2 is 2.17 bits per heavy atom. The van der Waals surface area contributed by atoms with Crippen molar-refractivity contribution < 1.29 is 49.4 Å². The minimum atomic E-state index is -1.36. The fourth-order valence-corrected chi connectivity index (χ4v) is 5.45. The van der Waals surface area contributed by atoms with Crippen molar-refractivity contribution in [1.82, 2.24) is 14.3 Å². The maximum absolute atomic E-state index is 12.3. The number of hydrogen-bond acceptors (Lipinski definition) is 7. The largest absolute Gasteiger partial charge is 1.00 e. The number of nitrogens with zero attached hydrogens (tertiary/aromatic N) is 3. The molecule has 0 saturated carbocycles. The number of carbonyl (C=O) groups excluding carboxylic acids is 2. The Labute approximate surface area is 194 Å². The first-order chi connectivity index (χ1) is 13.3. The summed E-state index contributed by atoms with van der Waals surface area (Å²) in [6.45, 7) is 3.44. The second-order valence-corrected chi connectivity index (χ2v) is 8.36. The van der Waals surface area contributed by atoms with Crippen molar-refractivity contribution >= 4 is 35.1 Å². The van der Waals surface area contributed by atoms with Gasteiger partial charge in [0.05, 0.1) is 35.4 Å². The average Bonchev–Trinajstić information content (AvgIpc) is 3.08. The molecule has 29 heavy (non-hydrogen) atoms. The van der Waals surface area contributed by atoms with Crippen LogP contribution in [0.2, 0.25) is 0 Å². The quantitative estimate of drug-likeness (QED) is 0.375. The molecule has 4 rings (SSSR count). The summed E-state index contributed by atoms with van der Waals surface area (Å²) in [5, 5.41) is 21.6. The number of pyridine rings is 1. The van der Waals surface area contributed by atoms with Gasteiger partial charge in [0.1, 0.15) is 11.5 Å². The van der Waals surface area contributed by atoms with Gasteiger partial charge in [-0.3, -0.25) is 9.20 Å². The van der Waals surface area contributed by atoms with Gasteiger partial charge >= 0.3 is 29.6 Å². The molecule has 1 fully saturated rings. The van der Waals surface area contributed by atoms with E-state index in [0.29, 0.717) is 22.9 Å². The summed E-state index contributed by atoms with van der Waals surface area (Å²) >= 11 is 1.38. The zero-order valence-electron chi connectivity index (χ0n) is 16.5. The Morgan fingerprint density at radius 3 is 2.79 bits per heavy atom. The number of nitrogens with two attached hydrogens (primary N) is 1. The van der Waals surface area contributed by atoms with E-state index < -0.39 is 18.0 Å². The first-order valence-corrected chi connectivity index (χ1v) is 10.1. The van der Waals surface area contributed by atoms with E-state index in [2.05, 4.69) is 4.98 Å². The molecule has 4 atom stereocenters. The number of imidazole rings is 1. The van der Waals surface area contributed by atoms with Crippen LogP contribution in [0.3, 0.4) is 0 Å². The molecule has 2 aliphatic heterocycles. The average molecular weight is 424 g/mol. The molecule has 0 radical (unpaired) electrons. The third-order valence-electron chi connectivity index (χ3n) is 5.54. The van der Waals surface area contributed by atoms with E-state index in [0.717, 1.165) is 11.3 Å². The second-order valence-electron chi connectivity index (χ2n) is 7.23. The van der Waals surface area contributed by atoms with Crippen LogP contribution >= 0.6 is 11.8 Å². The molecule has 0 spiro atoms. The number of aromatic nitrogens is 2. The number of anilines is 1. The Hall–Kier alpha value is -1.52. The normalized spacial score (nSPS) is 24.3. The van der Waals surface area contributed by atoms with Gasteiger partial charge in [0, 0.05) is 29.2 Å². The summed E-state index contributed by atoms with van der Waals surface area (Å²) < 4.78 is 1.81. The second kappa shape index (κ2) is 8.31. The molecule has 0 bridgehead atoms. The van der Waals surface area contributed by atoms with Crippen LogP contribution in [0.15, 0.2) is 35.0 Å². The molecule has 3 unspecified atom stereocenters. The van der Waals surface area contributed by atoms with Crippen molar-refractivity contribution in [2.75, 3.05) is 11.5 Å². The van der Waals surface area contributed by atoms with Gasteiger partial charge in [-0.05, 0) is 19.1 Å². The zero-order valence-corrected chi connectivity index (χ0v) is 19.3. The molecule has 2 aliphatic rings. The molecule has 148 valence electrons. The van der Waals surface area contributed by atoms with Gasteiger partial charge in [-0.1, -0.05) is 13.0 Å². The number of aliphatic hydroxyl groups excluding tert-OH is 1. The Balaban J connectivity index is 0.00000240. The number of carboxylic acids is 1. The van der Waals surface area contributed by atoms with Crippen LogP contribution in [0, 0.1) is 11.8 Å². The van der Waals surface area contributed by atoms with E-state index in [1.165, 1.54) is 16.7 Å². The molecule has 8 nitrogen and oxygen atoms in total. The number of fused-ring (bicyclic) bond motifs is 2. The number of carboxylic acid groups (broad SMARTS) is 1. The number of β-lactam (4-membered cyclic amide) rings is 1. The molecule has 4 heterocycles. The molecular formula is C19H21N4NaO4S. The van der Waals surface area contributed by atoms with Crippen LogP contribution in [0.4, 0.5) is 5.82 Å². The van der Waals surface area contributed by atoms with Crippen LogP contribution in [-0.2, 0) is 16.0 Å². The van der Waals surface area contributed by atoms with E-state index in [4.69, 9.17) is 5.73 Å². The number of aryl methyl sites for hydroxylation is 1. The van der Waals surface area contributed by atoms with Crippen molar-refractivity contribution in [3.8, 4) is 0 Å². The zero-order chi connectivity index (χ0) is 20.2. The van der Waals surface area contributed by atoms with Crippen molar-refractivity contribution in [3.05, 3.63) is 40.7 Å². The molecule has 2 aromatic heterocycles. The molecule has 3 N–H and O–H groups in total. The number of carbonyl (C=O) groups is 2. The van der Waals surface area contributed by atoms with Crippen molar-refractivity contribution in [2.24, 2.45) is 11.8 Å². The first-order valence-electron chi connectivity index (χ1n) is 9.13. The molecule has 10 heteroatoms. The van der Waals surface area contributed by atoms with Gasteiger partial charge in [0.15, 0.2) is 0 Å². The third-order valence-corrected chi connectivity index (χ3v) is 6.83. The first kappa shape index (κ1) is 22.2. The third kappa shape index (κ3) is 3.48. The Bertz CT molecular complexity index is 1010. The van der Waals surface area contributed by atoms with E-state index in [1.54, 1.807) is 6.92 Å². The van der Waals surface area contributed by atoms with Gasteiger partial charge in [-0.2, -0.15) is 0 Å². The topological polar surface area (TPSA) is 124 Å². The summed E-state index contributed by atoms with van der Waals surface area (Å²) in [6.07, 6.45) is 1.59. The molecule has 1 amide bonds. The monoisotopic (exact) mass is 424 g/mol. The summed E-state index contributed by atoms with van der Waals surface area (Å²) in [4.78, 5) is 30.4. The maximum Gasteiger partial charge on any atom is 1.00 e. The minimum absolute atomic E-state index is 0. The van der Waals surface area contributed by atoms with E-state index in [1.807, 2.05) is 35.7 Å². The fourth-order valence-electron chi connectivity index (χ4n) is 4.21. The van der Waals surface area contributed by atoms with Gasteiger partial charge in [-0.15, -0.1) is 11.8 Å². The van der Waals surface area contributed by atoms with E-state index in [9.17, 15) is 19.8 Å². The smallest absolute Gasteiger partial charge is 0.543 e. The van der Waals surface area contributed by atoms with Crippen molar-refractivity contribution in [1.29, 1.82) is 0 Å². The van der Waals surface area contributed by atoms with Crippen LogP contribution < -0.4 is 40.4 Å². The number of aliphatic carboxylic acids is 1. The van der Waals surface area contributed by atoms with Gasteiger partial charge in [0.25, 0.3) is 0 Å². The number of rotatable bonds is 6. The number of hydrogen-bond donors (Lipinski definition) is 2. The standard InChI is InChI=1S/C19H22N4O4S.Na/c1-9-14-13(10(2)24)18(25)23(14)15(19(26)27)16(9)28-8-6-11-17(20)22-7-4-3-5-12(22)21-11;/h3-5,7,9-10,13-14,24H,6,8,20H2,1-2H3,(H,26,27);/q;+1/p-1/t9-,10?,13?,14?;/m1./s1. The predicted molar refractivity (Wildman–Crippen MR) is 103 cm³/mol. The van der Waals surface area contributed by atoms with Crippen LogP contribution in [0.1, 0.15) is 19.5 Å². The predicted octanol–water partition coefficient (Wildman–Crippen LogP) is -2.98. The minimum Gasteiger partial charge on any atom is -0.543 e. The summed E-state index contributed by atoms with van der Waals surface area (Å²) in [6, 6.07) is 5.30. The van der Waals surface area contributed by atoms with Crippen molar-refractivity contribution in [3.63, 3.8) is 0 Å². The summed E-state index contributed by atoms with van der Waals surface area (Å²) in [5.74, 6) is -1.32. The molecule has 1 saturated heterocycles.